The van der Waals surface area contributed by atoms with Crippen molar-refractivity contribution in [3.05, 3.63) is 48.3 Å². The first kappa shape index (κ1) is 31.3. The molecule has 0 N–H and O–H groups in total. The van der Waals surface area contributed by atoms with Crippen molar-refractivity contribution in [2.75, 3.05) is 64.5 Å². The lowest BCUT2D eigenvalue weighted by Gasteiger charge is -2.41. The van der Waals surface area contributed by atoms with Gasteiger partial charge in [-0.3, -0.25) is 9.69 Å². The van der Waals surface area contributed by atoms with Crippen LogP contribution in [0.3, 0.4) is 0 Å². The predicted octanol–water partition coefficient (Wildman–Crippen LogP) is 5.08. The van der Waals surface area contributed by atoms with Gasteiger partial charge in [-0.1, -0.05) is 12.1 Å². The lowest BCUT2D eigenvalue weighted by atomic mass is 9.80. The summed E-state index contributed by atoms with van der Waals surface area (Å²) < 4.78 is 13.0. The number of carbonyl (C=O) groups is 1. The van der Waals surface area contributed by atoms with Crippen LogP contribution in [0.25, 0.3) is 11.0 Å². The van der Waals surface area contributed by atoms with Gasteiger partial charge in [0, 0.05) is 64.0 Å². The number of anilines is 1. The number of carbonyl (C=O) groups excluding carboxylic acids is 1. The third-order valence-corrected chi connectivity index (χ3v) is 9.18. The molecule has 3 heterocycles. The largest absolute Gasteiger partial charge is 0.494 e. The maximum Gasteiger partial charge on any atom is 0.225 e. The zero-order chi connectivity index (χ0) is 30.4. The van der Waals surface area contributed by atoms with Crippen molar-refractivity contribution < 1.29 is 14.3 Å². The molecule has 43 heavy (non-hydrogen) atoms. The molecule has 0 radical (unpaired) electrons. The summed E-state index contributed by atoms with van der Waals surface area (Å²) in [5, 5.41) is 5.74. The highest BCUT2D eigenvalue weighted by atomic mass is 16.5. The highest BCUT2D eigenvalue weighted by molar-refractivity contribution is 5.89. The third kappa shape index (κ3) is 7.68. The molecule has 2 aromatic heterocycles. The maximum atomic E-state index is 13.5. The van der Waals surface area contributed by atoms with Crippen LogP contribution in [-0.2, 0) is 16.1 Å². The fourth-order valence-corrected chi connectivity index (χ4v) is 6.66. The van der Waals surface area contributed by atoms with Gasteiger partial charge in [-0.05, 0) is 83.1 Å². The Balaban J connectivity index is 1.15. The Bertz CT molecular complexity index is 1340. The number of ether oxygens (including phenoxy) is 2. The number of rotatable bonds is 11. The molecule has 0 bridgehead atoms. The van der Waals surface area contributed by atoms with Crippen LogP contribution >= 0.6 is 0 Å². The molecular formula is C34H50N6O3. The van der Waals surface area contributed by atoms with Crippen molar-refractivity contribution >= 4 is 22.6 Å². The number of pyridine rings is 1. The van der Waals surface area contributed by atoms with E-state index in [-0.39, 0.29) is 11.5 Å². The first-order chi connectivity index (χ1) is 20.8. The molecule has 1 saturated carbocycles. The summed E-state index contributed by atoms with van der Waals surface area (Å²) >= 11 is 0. The van der Waals surface area contributed by atoms with Gasteiger partial charge in [0.2, 0.25) is 5.91 Å². The van der Waals surface area contributed by atoms with Crippen LogP contribution in [0.15, 0.2) is 42.7 Å². The SMILES string of the molecule is CCOc1cccc(Cn2ncc3c(N4CCN(C(=O)[C@H]5CC[C@H](CN(CCOC)C(C)(C)C)CC5)CC4)ccnc32)c1. The summed E-state index contributed by atoms with van der Waals surface area (Å²) in [7, 11) is 1.77. The molecule has 1 aliphatic heterocycles. The number of piperazine rings is 1. The molecule has 0 atom stereocenters. The third-order valence-electron chi connectivity index (χ3n) is 9.18. The van der Waals surface area contributed by atoms with E-state index in [1.807, 2.05) is 36.1 Å². The van der Waals surface area contributed by atoms with E-state index < -0.39 is 0 Å². The molecule has 2 fully saturated rings. The number of hydrogen-bond acceptors (Lipinski definition) is 7. The lowest BCUT2D eigenvalue weighted by Crippen LogP contribution is -2.51. The minimum absolute atomic E-state index is 0.125. The zero-order valence-corrected chi connectivity index (χ0v) is 26.8. The van der Waals surface area contributed by atoms with Crippen molar-refractivity contribution in [3.8, 4) is 5.75 Å². The topological polar surface area (TPSA) is 76.0 Å². The number of aromatic nitrogens is 3. The molecule has 9 nitrogen and oxygen atoms in total. The molecular weight excluding hydrogens is 540 g/mol. The number of hydrogen-bond donors (Lipinski definition) is 0. The monoisotopic (exact) mass is 590 g/mol. The van der Waals surface area contributed by atoms with Gasteiger partial charge in [0.15, 0.2) is 5.65 Å². The van der Waals surface area contributed by atoms with Crippen LogP contribution in [0.5, 0.6) is 5.75 Å². The summed E-state index contributed by atoms with van der Waals surface area (Å²) in [4.78, 5) is 25.2. The fraction of sp³-hybridized carbons (Fsp3) is 0.618. The van der Waals surface area contributed by atoms with Crippen LogP contribution < -0.4 is 9.64 Å². The van der Waals surface area contributed by atoms with E-state index in [4.69, 9.17) is 14.6 Å². The first-order valence-electron chi connectivity index (χ1n) is 16.1. The Hall–Kier alpha value is -3.17. The van der Waals surface area contributed by atoms with E-state index >= 15 is 0 Å². The number of amides is 1. The van der Waals surface area contributed by atoms with Crippen molar-refractivity contribution in [2.45, 2.75) is 65.5 Å². The average Bonchev–Trinajstić information content (AvgIpc) is 3.42. The van der Waals surface area contributed by atoms with Gasteiger partial charge in [-0.2, -0.15) is 5.10 Å². The first-order valence-corrected chi connectivity index (χ1v) is 16.1. The van der Waals surface area contributed by atoms with Crippen LogP contribution in [0.4, 0.5) is 5.69 Å². The second-order valence-electron chi connectivity index (χ2n) is 13.1. The summed E-state index contributed by atoms with van der Waals surface area (Å²) in [6, 6.07) is 10.2. The van der Waals surface area contributed by atoms with Crippen LogP contribution in [0.1, 0.15) is 58.9 Å². The quantitative estimate of drug-likeness (QED) is 0.308. The summed E-state index contributed by atoms with van der Waals surface area (Å²) in [5.74, 6) is 2.04. The lowest BCUT2D eigenvalue weighted by molar-refractivity contribution is -0.137. The highest BCUT2D eigenvalue weighted by Gasteiger charge is 2.33. The Morgan fingerprint density at radius 3 is 2.53 bits per heavy atom. The van der Waals surface area contributed by atoms with Gasteiger partial charge in [0.1, 0.15) is 5.75 Å². The second kappa shape index (κ2) is 14.1. The molecule has 3 aromatic rings. The van der Waals surface area contributed by atoms with Crippen molar-refractivity contribution in [3.63, 3.8) is 0 Å². The van der Waals surface area contributed by atoms with Gasteiger partial charge in [-0.15, -0.1) is 0 Å². The molecule has 0 spiro atoms. The molecule has 1 amide bonds. The van der Waals surface area contributed by atoms with Gasteiger partial charge in [0.25, 0.3) is 0 Å². The smallest absolute Gasteiger partial charge is 0.225 e. The van der Waals surface area contributed by atoms with E-state index in [1.165, 1.54) is 0 Å². The van der Waals surface area contributed by atoms with Gasteiger partial charge >= 0.3 is 0 Å². The van der Waals surface area contributed by atoms with Crippen molar-refractivity contribution in [2.24, 2.45) is 11.8 Å². The van der Waals surface area contributed by atoms with Gasteiger partial charge in [0.05, 0.1) is 37.0 Å². The molecule has 2 aliphatic rings. The fourth-order valence-electron chi connectivity index (χ4n) is 6.66. The molecule has 1 aliphatic carbocycles. The predicted molar refractivity (Wildman–Crippen MR) is 172 cm³/mol. The highest BCUT2D eigenvalue weighted by Crippen LogP contribution is 2.33. The normalized spacial score (nSPS) is 19.8. The van der Waals surface area contributed by atoms with E-state index in [2.05, 4.69) is 58.7 Å². The summed E-state index contributed by atoms with van der Waals surface area (Å²) in [6.45, 7) is 16.1. The molecule has 9 heteroatoms. The van der Waals surface area contributed by atoms with E-state index in [0.717, 1.165) is 99.6 Å². The number of nitrogens with zero attached hydrogens (tertiary/aromatic N) is 6. The molecule has 5 rings (SSSR count). The second-order valence-corrected chi connectivity index (χ2v) is 13.1. The van der Waals surface area contributed by atoms with Crippen LogP contribution in [0.2, 0.25) is 0 Å². The standard InChI is InChI=1S/C34H50N6O3/c1-6-43-29-9-7-8-27(22-29)25-40-32-30(23-36-40)31(14-15-35-32)37-16-18-38(19-17-37)33(41)28-12-10-26(11-13-28)24-39(20-21-42-5)34(2,3)4/h7-9,14-15,22-23,26,28H,6,10-13,16-21,24-25H2,1-5H3/t26-,28-. The minimum Gasteiger partial charge on any atom is -0.494 e. The average molecular weight is 591 g/mol. The number of fused-ring (bicyclic) bond motifs is 1. The molecule has 1 aromatic carbocycles. The van der Waals surface area contributed by atoms with Gasteiger partial charge < -0.3 is 19.3 Å². The Kier molecular flexibility index (Phi) is 10.2. The molecule has 234 valence electrons. The van der Waals surface area contributed by atoms with Gasteiger partial charge in [-0.25, -0.2) is 9.67 Å². The molecule has 1 saturated heterocycles. The van der Waals surface area contributed by atoms with E-state index in [0.29, 0.717) is 25.0 Å². The minimum atomic E-state index is 0.125. The molecule has 0 unspecified atom stereocenters. The number of methoxy groups -OCH3 is 1. The van der Waals surface area contributed by atoms with Crippen molar-refractivity contribution in [1.29, 1.82) is 0 Å². The van der Waals surface area contributed by atoms with Crippen molar-refractivity contribution in [1.82, 2.24) is 24.6 Å². The Labute approximate surface area is 257 Å². The summed E-state index contributed by atoms with van der Waals surface area (Å²) in [6.07, 6.45) is 8.07. The van der Waals surface area contributed by atoms with Crippen LogP contribution in [-0.4, -0.2) is 95.6 Å². The van der Waals surface area contributed by atoms with E-state index in [1.54, 1.807) is 7.11 Å². The Morgan fingerprint density at radius 2 is 1.84 bits per heavy atom. The Morgan fingerprint density at radius 1 is 1.07 bits per heavy atom. The zero-order valence-electron chi connectivity index (χ0n) is 26.8. The number of benzene rings is 1. The van der Waals surface area contributed by atoms with E-state index in [9.17, 15) is 4.79 Å². The summed E-state index contributed by atoms with van der Waals surface area (Å²) in [5.41, 5.74) is 3.27. The van der Waals surface area contributed by atoms with Crippen LogP contribution in [0, 0.1) is 11.8 Å². The maximum absolute atomic E-state index is 13.5.